The number of nitrogens with one attached hydrogen (secondary N) is 1. The summed E-state index contributed by atoms with van der Waals surface area (Å²) in [6.45, 7) is 2.36. The largest absolute Gasteiger partial charge is 0.394 e. The third kappa shape index (κ3) is 4.43. The van der Waals surface area contributed by atoms with Crippen LogP contribution in [0.5, 0.6) is 0 Å². The third-order valence-corrected chi connectivity index (χ3v) is 4.49. The van der Waals surface area contributed by atoms with Gasteiger partial charge in [0.25, 0.3) is 0 Å². The van der Waals surface area contributed by atoms with Gasteiger partial charge in [0.2, 0.25) is 5.91 Å². The second kappa shape index (κ2) is 7.49. The number of aromatic nitrogens is 2. The number of hydrogen-bond acceptors (Lipinski definition) is 3. The Bertz CT molecular complexity index is 773. The van der Waals surface area contributed by atoms with Gasteiger partial charge in [-0.15, -0.1) is 0 Å². The molecule has 2 heterocycles. The van der Waals surface area contributed by atoms with Crippen LogP contribution < -0.4 is 5.32 Å². The Morgan fingerprint density at radius 3 is 2.81 bits per heavy atom. The second-order valence-electron chi connectivity index (χ2n) is 6.44. The average Bonchev–Trinajstić information content (AvgIpc) is 3.23. The zero-order chi connectivity index (χ0) is 18.7. The van der Waals surface area contributed by atoms with E-state index >= 15 is 0 Å². The molecule has 3 rings (SSSR count). The van der Waals surface area contributed by atoms with E-state index in [4.69, 9.17) is 4.74 Å². The van der Waals surface area contributed by atoms with E-state index in [2.05, 4.69) is 10.3 Å². The molecular weight excluding hydrogens is 347 g/mol. The highest BCUT2D eigenvalue weighted by Gasteiger charge is 2.46. The molecule has 26 heavy (non-hydrogen) atoms. The first-order valence-electron chi connectivity index (χ1n) is 8.34. The lowest BCUT2D eigenvalue weighted by Crippen LogP contribution is -2.34. The van der Waals surface area contributed by atoms with Crippen LogP contribution in [0.3, 0.4) is 0 Å². The van der Waals surface area contributed by atoms with Gasteiger partial charge in [-0.2, -0.15) is 13.2 Å². The van der Waals surface area contributed by atoms with Crippen molar-refractivity contribution in [3.63, 3.8) is 0 Å². The van der Waals surface area contributed by atoms with Crippen molar-refractivity contribution >= 4 is 5.91 Å². The Morgan fingerprint density at radius 1 is 1.38 bits per heavy atom. The monoisotopic (exact) mass is 367 g/mol. The third-order valence-electron chi connectivity index (χ3n) is 4.49. The van der Waals surface area contributed by atoms with Crippen LogP contribution >= 0.6 is 0 Å². The number of hydrogen-bond donors (Lipinski definition) is 1. The van der Waals surface area contributed by atoms with Crippen molar-refractivity contribution in [2.45, 2.75) is 38.7 Å². The number of rotatable bonds is 5. The maximum Gasteiger partial charge on any atom is 0.394 e. The molecule has 1 amide bonds. The van der Waals surface area contributed by atoms with Gasteiger partial charge >= 0.3 is 6.18 Å². The highest BCUT2D eigenvalue weighted by atomic mass is 19.4. The number of imidazole rings is 1. The number of aryl methyl sites for hydroxylation is 1. The fourth-order valence-corrected chi connectivity index (χ4v) is 2.95. The van der Waals surface area contributed by atoms with Gasteiger partial charge in [-0.1, -0.05) is 24.3 Å². The van der Waals surface area contributed by atoms with E-state index in [9.17, 15) is 18.0 Å². The fourth-order valence-electron chi connectivity index (χ4n) is 2.95. The molecular formula is C18H20F3N3O2. The van der Waals surface area contributed by atoms with Gasteiger partial charge in [0.1, 0.15) is 11.9 Å². The van der Waals surface area contributed by atoms with Crippen molar-refractivity contribution in [2.75, 3.05) is 6.61 Å². The number of alkyl halides is 3. The van der Waals surface area contributed by atoms with E-state index in [1.54, 1.807) is 6.20 Å². The van der Waals surface area contributed by atoms with Crippen LogP contribution in [0.2, 0.25) is 0 Å². The van der Waals surface area contributed by atoms with E-state index < -0.39 is 30.7 Å². The maximum atomic E-state index is 12.7. The molecule has 1 aliphatic rings. The first-order chi connectivity index (χ1) is 12.3. The summed E-state index contributed by atoms with van der Waals surface area (Å²) >= 11 is 0. The van der Waals surface area contributed by atoms with Crippen LogP contribution in [-0.4, -0.2) is 34.3 Å². The molecule has 1 aromatic carbocycles. The van der Waals surface area contributed by atoms with Gasteiger partial charge < -0.3 is 14.6 Å². The van der Waals surface area contributed by atoms with Crippen molar-refractivity contribution in [2.24, 2.45) is 5.92 Å². The first-order valence-corrected chi connectivity index (χ1v) is 8.34. The Hall–Kier alpha value is -2.35. The van der Waals surface area contributed by atoms with Crippen molar-refractivity contribution in [3.8, 4) is 0 Å². The molecule has 0 aliphatic carbocycles. The fraction of sp³-hybridized carbons (Fsp3) is 0.444. The molecule has 8 heteroatoms. The van der Waals surface area contributed by atoms with Crippen LogP contribution in [0.1, 0.15) is 23.4 Å². The molecule has 2 atom stereocenters. The molecule has 1 aromatic heterocycles. The first kappa shape index (κ1) is 18.4. The van der Waals surface area contributed by atoms with Crippen molar-refractivity contribution < 1.29 is 22.7 Å². The van der Waals surface area contributed by atoms with Crippen LogP contribution in [0, 0.1) is 12.8 Å². The Morgan fingerprint density at radius 2 is 2.15 bits per heavy atom. The van der Waals surface area contributed by atoms with Crippen LogP contribution in [0.25, 0.3) is 0 Å². The average molecular weight is 367 g/mol. The molecule has 0 spiro atoms. The number of halogens is 3. The summed E-state index contributed by atoms with van der Waals surface area (Å²) in [5.41, 5.74) is 1.92. The van der Waals surface area contributed by atoms with E-state index in [0.717, 1.165) is 17.0 Å². The molecule has 2 unspecified atom stereocenters. The second-order valence-corrected chi connectivity index (χ2v) is 6.44. The summed E-state index contributed by atoms with van der Waals surface area (Å²) in [6, 6.07) is 7.67. The van der Waals surface area contributed by atoms with E-state index in [0.29, 0.717) is 6.54 Å². The normalized spacial score (nSPS) is 20.3. The minimum Gasteiger partial charge on any atom is -0.368 e. The molecule has 0 radical (unpaired) electrons. The zero-order valence-electron chi connectivity index (χ0n) is 14.3. The van der Waals surface area contributed by atoms with E-state index in [1.165, 1.54) is 0 Å². The lowest BCUT2D eigenvalue weighted by molar-refractivity contribution is -0.173. The van der Waals surface area contributed by atoms with E-state index in [1.807, 2.05) is 42.0 Å². The van der Waals surface area contributed by atoms with Crippen LogP contribution in [-0.2, 0) is 22.6 Å². The van der Waals surface area contributed by atoms with Crippen LogP contribution in [0.4, 0.5) is 13.2 Å². The summed E-state index contributed by atoms with van der Waals surface area (Å²) in [6.07, 6.45) is -2.07. The predicted octanol–water partition coefficient (Wildman–Crippen LogP) is 2.82. The van der Waals surface area contributed by atoms with Gasteiger partial charge in [0.15, 0.2) is 0 Å². The maximum absolute atomic E-state index is 12.7. The number of amides is 1. The van der Waals surface area contributed by atoms with Gasteiger partial charge in [0.05, 0.1) is 12.5 Å². The Labute approximate surface area is 149 Å². The molecule has 5 nitrogen and oxygen atoms in total. The predicted molar refractivity (Wildman–Crippen MR) is 88.3 cm³/mol. The SMILES string of the molecule is Cc1nccn1Cc1cccc(CNC(=O)C2CC(C(F)(F)F)CO2)c1. The van der Waals surface area contributed by atoms with Gasteiger partial charge in [-0.25, -0.2) is 4.98 Å². The molecule has 1 aliphatic heterocycles. The summed E-state index contributed by atoms with van der Waals surface area (Å²) in [4.78, 5) is 16.2. The Kier molecular flexibility index (Phi) is 5.31. The summed E-state index contributed by atoms with van der Waals surface area (Å²) in [5.74, 6) is -1.17. The van der Waals surface area contributed by atoms with Crippen molar-refractivity contribution in [3.05, 3.63) is 53.6 Å². The minimum atomic E-state index is -4.32. The number of carbonyl (C=O) groups excluding carboxylic acids is 1. The molecule has 2 aromatic rings. The topological polar surface area (TPSA) is 56.2 Å². The zero-order valence-corrected chi connectivity index (χ0v) is 14.3. The van der Waals surface area contributed by atoms with Gasteiger partial charge in [-0.05, 0) is 24.5 Å². The summed E-state index contributed by atoms with van der Waals surface area (Å²) in [5, 5.41) is 2.66. The lowest BCUT2D eigenvalue weighted by Gasteiger charge is -2.13. The molecule has 1 saturated heterocycles. The molecule has 1 fully saturated rings. The summed E-state index contributed by atoms with van der Waals surface area (Å²) < 4.78 is 45.0. The van der Waals surface area contributed by atoms with Crippen LogP contribution in [0.15, 0.2) is 36.7 Å². The minimum absolute atomic E-state index is 0.242. The van der Waals surface area contributed by atoms with Crippen molar-refractivity contribution in [1.29, 1.82) is 0 Å². The molecule has 0 saturated carbocycles. The standard InChI is InChI=1S/C18H20F3N3O2/c1-12-22-5-6-24(12)10-14-4-2-3-13(7-14)9-23-17(25)16-8-15(11-26-16)18(19,20)21/h2-7,15-16H,8-11H2,1H3,(H,23,25). The quantitative estimate of drug-likeness (QED) is 0.884. The molecule has 1 N–H and O–H groups in total. The van der Waals surface area contributed by atoms with Gasteiger partial charge in [0, 0.05) is 25.5 Å². The highest BCUT2D eigenvalue weighted by molar-refractivity contribution is 5.81. The molecule has 140 valence electrons. The number of ether oxygens (including phenoxy) is 1. The van der Waals surface area contributed by atoms with Gasteiger partial charge in [-0.3, -0.25) is 4.79 Å². The van der Waals surface area contributed by atoms with E-state index in [-0.39, 0.29) is 13.0 Å². The number of carbonyl (C=O) groups is 1. The number of nitrogens with zero attached hydrogens (tertiary/aromatic N) is 2. The van der Waals surface area contributed by atoms with Crippen molar-refractivity contribution in [1.82, 2.24) is 14.9 Å². The highest BCUT2D eigenvalue weighted by Crippen LogP contribution is 2.34. The number of benzene rings is 1. The lowest BCUT2D eigenvalue weighted by atomic mass is 10.0. The Balaban J connectivity index is 1.54. The molecule has 0 bridgehead atoms. The summed E-state index contributed by atoms with van der Waals surface area (Å²) in [7, 11) is 0. The smallest absolute Gasteiger partial charge is 0.368 e.